The molecule has 0 spiro atoms. The monoisotopic (exact) mass is 242 g/mol. The third kappa shape index (κ3) is 2.74. The van der Waals surface area contributed by atoms with Crippen molar-refractivity contribution in [2.24, 2.45) is 0 Å². The van der Waals surface area contributed by atoms with Gasteiger partial charge in [0, 0.05) is 10.9 Å². The summed E-state index contributed by atoms with van der Waals surface area (Å²) in [6.45, 7) is 0. The summed E-state index contributed by atoms with van der Waals surface area (Å²) in [5, 5.41) is 1.87. The van der Waals surface area contributed by atoms with Crippen LogP contribution in [0, 0.1) is 11.8 Å². The number of rotatable bonds is 2. The van der Waals surface area contributed by atoms with Crippen LogP contribution >= 0.6 is 11.3 Å². The lowest BCUT2D eigenvalue weighted by atomic mass is 10.2. The normalized spacial score (nSPS) is 9.24. The summed E-state index contributed by atoms with van der Waals surface area (Å²) in [5.41, 5.74) is 1.69. The Kier molecular flexibility index (Phi) is 3.59. The van der Waals surface area contributed by atoms with Gasteiger partial charge in [-0.1, -0.05) is 24.0 Å². The minimum atomic E-state index is 0.689. The maximum absolute atomic E-state index is 10.5. The largest absolute Gasteiger partial charge is 0.495 e. The van der Waals surface area contributed by atoms with Crippen molar-refractivity contribution >= 4 is 17.6 Å². The van der Waals surface area contributed by atoms with Crippen molar-refractivity contribution in [3.05, 3.63) is 51.7 Å². The van der Waals surface area contributed by atoms with Gasteiger partial charge in [0.2, 0.25) is 0 Å². The van der Waals surface area contributed by atoms with Crippen LogP contribution in [-0.2, 0) is 0 Å². The summed E-state index contributed by atoms with van der Waals surface area (Å²) in [5.74, 6) is 6.80. The topological polar surface area (TPSA) is 26.3 Å². The minimum Gasteiger partial charge on any atom is -0.495 e. The van der Waals surface area contributed by atoms with Gasteiger partial charge in [0.05, 0.1) is 17.6 Å². The van der Waals surface area contributed by atoms with Crippen LogP contribution < -0.4 is 4.74 Å². The second-order valence-corrected chi connectivity index (χ2v) is 4.25. The standard InChI is InChI=1S/C14H10O2S/c1-16-14-5-3-2-4-12(14)7-6-11-8-13(9-15)17-10-11/h2-5,8-10H,1H3. The smallest absolute Gasteiger partial charge is 0.160 e. The summed E-state index contributed by atoms with van der Waals surface area (Å²) in [6, 6.07) is 9.36. The van der Waals surface area contributed by atoms with E-state index in [0.29, 0.717) is 4.88 Å². The highest BCUT2D eigenvalue weighted by Crippen LogP contribution is 2.16. The third-order valence-electron chi connectivity index (χ3n) is 2.18. The van der Waals surface area contributed by atoms with Gasteiger partial charge in [0.1, 0.15) is 5.75 Å². The predicted molar refractivity (Wildman–Crippen MR) is 68.7 cm³/mol. The van der Waals surface area contributed by atoms with Gasteiger partial charge in [-0.2, -0.15) is 0 Å². The molecule has 17 heavy (non-hydrogen) atoms. The molecule has 0 aliphatic heterocycles. The van der Waals surface area contributed by atoms with Crippen molar-refractivity contribution in [1.29, 1.82) is 0 Å². The van der Waals surface area contributed by atoms with Gasteiger partial charge in [-0.15, -0.1) is 11.3 Å². The van der Waals surface area contributed by atoms with E-state index in [1.807, 2.05) is 29.6 Å². The van der Waals surface area contributed by atoms with E-state index in [1.165, 1.54) is 11.3 Å². The maximum atomic E-state index is 10.5. The number of thiophene rings is 1. The molecule has 0 aliphatic carbocycles. The second-order valence-electron chi connectivity index (χ2n) is 3.31. The van der Waals surface area contributed by atoms with Gasteiger partial charge in [-0.3, -0.25) is 4.79 Å². The second kappa shape index (κ2) is 5.33. The fourth-order valence-corrected chi connectivity index (χ4v) is 2.01. The van der Waals surface area contributed by atoms with Crippen molar-refractivity contribution in [3.63, 3.8) is 0 Å². The third-order valence-corrected chi connectivity index (χ3v) is 3.04. The zero-order valence-electron chi connectivity index (χ0n) is 9.27. The van der Waals surface area contributed by atoms with Gasteiger partial charge < -0.3 is 4.74 Å². The average molecular weight is 242 g/mol. The van der Waals surface area contributed by atoms with Gasteiger partial charge >= 0.3 is 0 Å². The van der Waals surface area contributed by atoms with Crippen molar-refractivity contribution in [2.45, 2.75) is 0 Å². The maximum Gasteiger partial charge on any atom is 0.160 e. The van der Waals surface area contributed by atoms with Crippen LogP contribution in [0.25, 0.3) is 0 Å². The highest BCUT2D eigenvalue weighted by atomic mass is 32.1. The first-order valence-electron chi connectivity index (χ1n) is 5.02. The number of hydrogen-bond donors (Lipinski definition) is 0. The van der Waals surface area contributed by atoms with Crippen LogP contribution in [0.5, 0.6) is 5.75 Å². The summed E-state index contributed by atoms with van der Waals surface area (Å²) >= 11 is 1.39. The molecule has 1 aromatic carbocycles. The number of aldehydes is 1. The lowest BCUT2D eigenvalue weighted by Crippen LogP contribution is -1.86. The number of benzene rings is 1. The molecule has 0 bridgehead atoms. The molecule has 0 saturated carbocycles. The lowest BCUT2D eigenvalue weighted by molar-refractivity contribution is 0.112. The van der Waals surface area contributed by atoms with Crippen molar-refractivity contribution < 1.29 is 9.53 Å². The molecular weight excluding hydrogens is 232 g/mol. The summed E-state index contributed by atoms with van der Waals surface area (Å²) in [6.07, 6.45) is 0.832. The van der Waals surface area contributed by atoms with Crippen LogP contribution in [0.4, 0.5) is 0 Å². The van der Waals surface area contributed by atoms with Crippen molar-refractivity contribution in [2.75, 3.05) is 7.11 Å². The minimum absolute atomic E-state index is 0.689. The molecule has 0 atom stereocenters. The number of ether oxygens (including phenoxy) is 1. The van der Waals surface area contributed by atoms with E-state index < -0.39 is 0 Å². The Morgan fingerprint density at radius 1 is 1.29 bits per heavy atom. The molecule has 2 rings (SSSR count). The van der Waals surface area contributed by atoms with E-state index in [1.54, 1.807) is 13.2 Å². The fourth-order valence-electron chi connectivity index (χ4n) is 1.37. The summed E-state index contributed by atoms with van der Waals surface area (Å²) < 4.78 is 5.20. The predicted octanol–water partition coefficient (Wildman–Crippen LogP) is 2.97. The first-order chi connectivity index (χ1) is 8.33. The highest BCUT2D eigenvalue weighted by Gasteiger charge is 1.98. The molecule has 0 aliphatic rings. The highest BCUT2D eigenvalue weighted by molar-refractivity contribution is 7.11. The Morgan fingerprint density at radius 2 is 2.12 bits per heavy atom. The number of carbonyl (C=O) groups excluding carboxylic acids is 1. The summed E-state index contributed by atoms with van der Waals surface area (Å²) in [4.78, 5) is 11.2. The number of methoxy groups -OCH3 is 1. The summed E-state index contributed by atoms with van der Waals surface area (Å²) in [7, 11) is 1.62. The van der Waals surface area contributed by atoms with Gasteiger partial charge in [-0.05, 0) is 18.2 Å². The van der Waals surface area contributed by atoms with Gasteiger partial charge in [-0.25, -0.2) is 0 Å². The Bertz CT molecular complexity index is 588. The fraction of sp³-hybridized carbons (Fsp3) is 0.0714. The van der Waals surface area contributed by atoms with Crippen LogP contribution in [0.15, 0.2) is 35.7 Å². The van der Waals surface area contributed by atoms with E-state index in [2.05, 4.69) is 11.8 Å². The molecule has 0 unspecified atom stereocenters. The molecule has 2 aromatic rings. The van der Waals surface area contributed by atoms with Crippen LogP contribution in [-0.4, -0.2) is 13.4 Å². The Labute approximate surface area is 104 Å². The van der Waals surface area contributed by atoms with E-state index in [0.717, 1.165) is 23.2 Å². The molecule has 3 heteroatoms. The van der Waals surface area contributed by atoms with Crippen molar-refractivity contribution in [3.8, 4) is 17.6 Å². The zero-order chi connectivity index (χ0) is 12.1. The lowest BCUT2D eigenvalue weighted by Gasteiger charge is -2.00. The van der Waals surface area contributed by atoms with Crippen molar-refractivity contribution in [1.82, 2.24) is 0 Å². The van der Waals surface area contributed by atoms with Crippen LogP contribution in [0.1, 0.15) is 20.8 Å². The molecule has 0 N–H and O–H groups in total. The first-order valence-corrected chi connectivity index (χ1v) is 5.90. The first kappa shape index (κ1) is 11.4. The van der Waals surface area contributed by atoms with E-state index in [9.17, 15) is 4.79 Å². The molecule has 2 nitrogen and oxygen atoms in total. The SMILES string of the molecule is COc1ccccc1C#Cc1csc(C=O)c1. The Balaban J connectivity index is 2.29. The van der Waals surface area contributed by atoms with E-state index in [4.69, 9.17) is 4.74 Å². The zero-order valence-corrected chi connectivity index (χ0v) is 10.1. The molecule has 0 radical (unpaired) electrons. The van der Waals surface area contributed by atoms with E-state index in [-0.39, 0.29) is 0 Å². The molecule has 0 amide bonds. The van der Waals surface area contributed by atoms with Gasteiger partial charge in [0.25, 0.3) is 0 Å². The molecule has 1 aromatic heterocycles. The Hall–Kier alpha value is -2.05. The number of carbonyl (C=O) groups is 1. The van der Waals surface area contributed by atoms with E-state index >= 15 is 0 Å². The molecular formula is C14H10O2S. The van der Waals surface area contributed by atoms with Crippen LogP contribution in [0.3, 0.4) is 0 Å². The average Bonchev–Trinajstić information content (AvgIpc) is 2.84. The molecule has 0 saturated heterocycles. The number of hydrogen-bond acceptors (Lipinski definition) is 3. The van der Waals surface area contributed by atoms with Crippen LogP contribution in [0.2, 0.25) is 0 Å². The Morgan fingerprint density at radius 3 is 2.82 bits per heavy atom. The number of para-hydroxylation sites is 1. The van der Waals surface area contributed by atoms with Gasteiger partial charge in [0.15, 0.2) is 6.29 Å². The molecule has 0 fully saturated rings. The molecule has 1 heterocycles. The quantitative estimate of drug-likeness (QED) is 0.598. The molecule has 84 valence electrons.